The predicted octanol–water partition coefficient (Wildman–Crippen LogP) is 23.8. The predicted molar refractivity (Wildman–Crippen MR) is 382 cm³/mol. The van der Waals surface area contributed by atoms with Crippen LogP contribution in [0.4, 0.5) is 61.5 Å². The number of halogens is 14. The Morgan fingerprint density at radius 1 is 0.350 bits per heavy atom. The number of alkyl halides is 14. The first-order valence-electron chi connectivity index (χ1n) is 39.8. The van der Waals surface area contributed by atoms with E-state index in [4.69, 9.17) is 26.6 Å². The van der Waals surface area contributed by atoms with Crippen molar-refractivity contribution >= 4 is 17.6 Å². The van der Waals surface area contributed by atoms with E-state index >= 15 is 0 Å². The fourth-order valence-electron chi connectivity index (χ4n) is 18.9. The van der Waals surface area contributed by atoms with Crippen molar-refractivity contribution in [1.82, 2.24) is 0 Å². The molecule has 0 heterocycles. The van der Waals surface area contributed by atoms with Crippen molar-refractivity contribution in [3.05, 3.63) is 97.2 Å². The van der Waals surface area contributed by atoms with Gasteiger partial charge in [0, 0.05) is 86.7 Å². The Labute approximate surface area is 608 Å². The minimum atomic E-state index is -5.41. The van der Waals surface area contributed by atoms with E-state index in [2.05, 4.69) is 84.1 Å². The highest BCUT2D eigenvalue weighted by atomic mass is 28.4. The van der Waals surface area contributed by atoms with E-state index in [-0.39, 0.29) is 55.0 Å². The number of rotatable bonds is 25. The summed E-state index contributed by atoms with van der Waals surface area (Å²) in [7, 11) is -5.11. The molecule has 0 aromatic heterocycles. The molecular weight excluding hydrogens is 1390 g/mol. The van der Waals surface area contributed by atoms with Gasteiger partial charge in [-0.25, -0.2) is 22.0 Å². The molecule has 6 nitrogen and oxygen atoms in total. The van der Waals surface area contributed by atoms with E-state index in [9.17, 15) is 61.5 Å². The molecule has 0 aromatic carbocycles. The Kier molecular flexibility index (Phi) is 31.2. The number of fused-ring (bicyclic) bond motifs is 16. The maximum absolute atomic E-state index is 12.9. The second-order valence-corrected chi connectivity index (χ2v) is 38.0. The highest BCUT2D eigenvalue weighted by Crippen LogP contribution is 2.58. The van der Waals surface area contributed by atoms with Crippen LogP contribution in [0.1, 0.15) is 196 Å². The average Bonchev–Trinajstić information content (AvgIpc) is 1.51. The summed E-state index contributed by atoms with van der Waals surface area (Å²) in [5.41, 5.74) is 0.977. The minimum absolute atomic E-state index is 0.0341. The molecule has 0 amide bonds. The molecule has 0 aromatic rings. The van der Waals surface area contributed by atoms with Gasteiger partial charge in [-0.2, -0.15) is 35.1 Å². The molecule has 24 atom stereocenters. The number of allylic oxidation sites excluding steroid dienone is 16. The van der Waals surface area contributed by atoms with Crippen molar-refractivity contribution in [2.24, 2.45) is 112 Å². The molecule has 0 saturated heterocycles. The zero-order valence-electron chi connectivity index (χ0n) is 61.8. The Bertz CT molecular complexity index is 2760. The summed E-state index contributed by atoms with van der Waals surface area (Å²) in [4.78, 5) is 0. The topological polar surface area (TPSA) is 55.4 Å². The van der Waals surface area contributed by atoms with Crippen LogP contribution in [0, 0.1) is 112 Å². The van der Waals surface area contributed by atoms with Gasteiger partial charge in [-0.15, -0.1) is 0 Å². The Morgan fingerprint density at radius 2 is 0.709 bits per heavy atom. The van der Waals surface area contributed by atoms with Crippen LogP contribution >= 0.6 is 0 Å². The smallest absolute Gasteiger partial charge is 0.373 e. The van der Waals surface area contributed by atoms with E-state index in [0.29, 0.717) is 72.3 Å². The first-order chi connectivity index (χ1) is 49.1. The summed E-state index contributed by atoms with van der Waals surface area (Å²) < 4.78 is 212. The first-order valence-corrected chi connectivity index (χ1v) is 43.4. The average molecular weight is 1510 g/mol. The van der Waals surface area contributed by atoms with Crippen LogP contribution in [0.15, 0.2) is 97.2 Å². The Hall–Kier alpha value is -2.87. The Morgan fingerprint density at radius 3 is 0.922 bits per heavy atom. The molecule has 103 heavy (non-hydrogen) atoms. The lowest BCUT2D eigenvalue weighted by Crippen LogP contribution is -2.52. The third-order valence-electron chi connectivity index (χ3n) is 24.5. The highest BCUT2D eigenvalue weighted by molar-refractivity contribution is 6.63. The van der Waals surface area contributed by atoms with Crippen LogP contribution in [0.5, 0.6) is 0 Å². The molecule has 16 aliphatic rings. The molecule has 16 rings (SSSR count). The SMILES string of the molecule is CCCCO[Si](OCCCC)(OCCCC)C1CC2C=CC1C2.CCCO[Si](OCCC)(OCCC)C1CC2C=CC1C2.FC(F)(F)C(F)(F)C1CC2C=CC1C2.FC(F)(F)C1CC2C=CC1C2.FC1(F)CC2C=CC1C2.FC1C2C=CC(C2)C1F.FC1CC2C=CC1C2.FCC1CC2C=CC1C2. The van der Waals surface area contributed by atoms with Gasteiger partial charge in [0.25, 0.3) is 5.92 Å². The normalized spacial score (nSPS) is 37.6. The minimum Gasteiger partial charge on any atom is -0.373 e. The molecule has 0 aliphatic heterocycles. The van der Waals surface area contributed by atoms with E-state index in [0.717, 1.165) is 141 Å². The fourth-order valence-corrected chi connectivity index (χ4v) is 26.1. The van der Waals surface area contributed by atoms with Crippen molar-refractivity contribution in [3.63, 3.8) is 0 Å². The van der Waals surface area contributed by atoms with Gasteiger partial charge in [-0.3, -0.25) is 4.39 Å². The lowest BCUT2D eigenvalue weighted by atomic mass is 9.87. The summed E-state index contributed by atoms with van der Waals surface area (Å²) in [6, 6.07) is 0. The van der Waals surface area contributed by atoms with Crippen LogP contribution in [-0.2, 0) is 26.6 Å². The summed E-state index contributed by atoms with van der Waals surface area (Å²) >= 11 is 0. The lowest BCUT2D eigenvalue weighted by Gasteiger charge is -2.37. The zero-order chi connectivity index (χ0) is 74.3. The summed E-state index contributed by atoms with van der Waals surface area (Å²) in [6.45, 7) is 17.6. The second kappa shape index (κ2) is 38.2. The van der Waals surface area contributed by atoms with Gasteiger partial charge in [0.15, 0.2) is 0 Å². The zero-order valence-corrected chi connectivity index (χ0v) is 63.8. The van der Waals surface area contributed by atoms with E-state index in [1.54, 1.807) is 30.4 Å². The van der Waals surface area contributed by atoms with Crippen molar-refractivity contribution in [2.75, 3.05) is 46.3 Å². The molecule has 22 heteroatoms. The lowest BCUT2D eigenvalue weighted by molar-refractivity contribution is -0.305. The maximum atomic E-state index is 12.9. The largest absolute Gasteiger partial charge is 0.504 e. The van der Waals surface area contributed by atoms with Crippen LogP contribution in [0.3, 0.4) is 0 Å². The highest BCUT2D eigenvalue weighted by Gasteiger charge is 2.66. The third kappa shape index (κ3) is 21.6. The standard InChI is InChI=1S/C19H36O3Si.C16H30O3Si.C9H9F5.C8H9F3.C8H11F.2C7H8F2.C7H9F/c1-4-7-12-20-23(21-13-8-5-2,22-14-9-6-3)19-16-17-10-11-18(19)15-17;1-4-9-17-20(18-10-5-2,19-11-6-3)16-13-14-7-8-15(16)12-14;10-8(11,9(12,13)14)7-4-5-1-2-6(7)3-5;9-8(10,11)7-4-5-1-2-6(7)3-5;9-5-8-4-6-1-2-7(8)3-6;8-7(9)4-5-1-2-6(7)3-5;8-6-4-1-2-5(3-4)7(6)9;8-7-4-5-1-2-6(7)3-5/h10-11,17-19H,4-9,12-16H2,1-3H3;7-8,14-16H,4-6,9-13H2,1-3H3;1-2,5-7H,3-4H2;1-2,5-7H,3-4H2;1-2,6-8H,3-5H2;1-2,5-6H,3-4H2;1-2,4-7H,3H2;1-2,5-7H,3-4H2. The molecule has 0 N–H and O–H groups in total. The molecule has 0 radical (unpaired) electrons. The van der Waals surface area contributed by atoms with Crippen molar-refractivity contribution in [3.8, 4) is 0 Å². The van der Waals surface area contributed by atoms with Crippen LogP contribution in [0.25, 0.3) is 0 Å². The molecule has 586 valence electrons. The Balaban J connectivity index is 0.000000141. The number of hydrogen-bond acceptors (Lipinski definition) is 6. The van der Waals surface area contributed by atoms with E-state index in [1.165, 1.54) is 38.2 Å². The van der Waals surface area contributed by atoms with Gasteiger partial charge >= 0.3 is 35.9 Å². The van der Waals surface area contributed by atoms with E-state index < -0.39 is 84.0 Å². The molecule has 24 unspecified atom stereocenters. The van der Waals surface area contributed by atoms with Crippen LogP contribution < -0.4 is 0 Å². The number of hydrogen-bond donors (Lipinski definition) is 0. The third-order valence-corrected chi connectivity index (χ3v) is 31.3. The van der Waals surface area contributed by atoms with Crippen LogP contribution in [0.2, 0.25) is 11.1 Å². The quantitative estimate of drug-likeness (QED) is 0.0393. The molecule has 16 aliphatic carbocycles. The summed E-state index contributed by atoms with van der Waals surface area (Å²) in [5, 5.41) is 0. The van der Waals surface area contributed by atoms with Gasteiger partial charge in [-0.1, -0.05) is 158 Å². The van der Waals surface area contributed by atoms with Crippen molar-refractivity contribution in [2.45, 2.75) is 249 Å². The molecule has 8 fully saturated rings. The van der Waals surface area contributed by atoms with Gasteiger partial charge in [-0.05, 0) is 205 Å². The maximum Gasteiger partial charge on any atom is 0.504 e. The van der Waals surface area contributed by atoms with Gasteiger partial charge in [0.05, 0.1) is 12.6 Å². The van der Waals surface area contributed by atoms with E-state index in [1.807, 2.05) is 18.2 Å². The summed E-state index contributed by atoms with van der Waals surface area (Å²) in [6.07, 6.45) is 41.9. The first kappa shape index (κ1) is 84.2. The van der Waals surface area contributed by atoms with Gasteiger partial charge in [0.2, 0.25) is 0 Å². The molecular formula is C81H120F14O6Si2. The molecule has 0 spiro atoms. The summed E-state index contributed by atoms with van der Waals surface area (Å²) in [5.74, 6) is -5.30. The van der Waals surface area contributed by atoms with Gasteiger partial charge in [0.1, 0.15) is 18.5 Å². The monoisotopic (exact) mass is 1510 g/mol. The molecule has 8 saturated carbocycles. The molecule has 16 bridgehead atoms. The van der Waals surface area contributed by atoms with Crippen molar-refractivity contribution < 1.29 is 88.0 Å². The van der Waals surface area contributed by atoms with Gasteiger partial charge < -0.3 is 26.6 Å². The second-order valence-electron chi connectivity index (χ2n) is 32.3. The number of unbranched alkanes of at least 4 members (excludes halogenated alkanes) is 3. The van der Waals surface area contributed by atoms with Crippen molar-refractivity contribution in [1.29, 1.82) is 0 Å². The fraction of sp³-hybridized carbons (Fsp3) is 0.802. The van der Waals surface area contributed by atoms with Crippen LogP contribution in [-0.4, -0.2) is 107 Å².